The van der Waals surface area contributed by atoms with E-state index in [1.807, 2.05) is 0 Å². The molecule has 0 bridgehead atoms. The van der Waals surface area contributed by atoms with Gasteiger partial charge in [-0.05, 0) is 13.0 Å². The van der Waals surface area contributed by atoms with Gasteiger partial charge >= 0.3 is 0 Å². The predicted octanol–water partition coefficient (Wildman–Crippen LogP) is 1.56. The number of rotatable bonds is 2. The van der Waals surface area contributed by atoms with Crippen molar-refractivity contribution in [3.05, 3.63) is 29.1 Å². The zero-order valence-corrected chi connectivity index (χ0v) is 8.72. The maximum atomic E-state index is 13.3. The number of amides is 1. The van der Waals surface area contributed by atoms with E-state index in [0.717, 1.165) is 0 Å². The van der Waals surface area contributed by atoms with Gasteiger partial charge in [0.05, 0.1) is 11.6 Å². The third kappa shape index (κ3) is 2.50. The number of carbonyl (C=O) groups is 1. The first-order valence-electron chi connectivity index (χ1n) is 4.52. The Kier molecular flexibility index (Phi) is 3.63. The second kappa shape index (κ2) is 4.78. The Bertz CT molecular complexity index is 508. The fraction of sp³-hybridized carbons (Fsp3) is 0.182. The standard InChI is InChI=1S/C11H8F3NO2/c1-3-5(2)15-11(17)6-4-7(12)9(14)10(16)8(6)13/h1,4-5,16H,2H3,(H,15,17). The fourth-order valence-corrected chi connectivity index (χ4v) is 1.07. The molecule has 0 aromatic heterocycles. The number of halogens is 3. The number of hydrogen-bond acceptors (Lipinski definition) is 2. The summed E-state index contributed by atoms with van der Waals surface area (Å²) in [6.45, 7) is 1.44. The number of hydrogen-bond donors (Lipinski definition) is 2. The average molecular weight is 243 g/mol. The summed E-state index contributed by atoms with van der Waals surface area (Å²) in [5.41, 5.74) is -0.816. The maximum Gasteiger partial charge on any atom is 0.255 e. The summed E-state index contributed by atoms with van der Waals surface area (Å²) >= 11 is 0. The Morgan fingerprint density at radius 2 is 2.06 bits per heavy atom. The summed E-state index contributed by atoms with van der Waals surface area (Å²) in [5.74, 6) is -5.25. The molecule has 17 heavy (non-hydrogen) atoms. The maximum absolute atomic E-state index is 13.3. The lowest BCUT2D eigenvalue weighted by atomic mass is 10.1. The zero-order valence-electron chi connectivity index (χ0n) is 8.72. The van der Waals surface area contributed by atoms with Gasteiger partial charge in [0.2, 0.25) is 5.82 Å². The Labute approximate surface area is 95.3 Å². The van der Waals surface area contributed by atoms with Crippen molar-refractivity contribution in [1.29, 1.82) is 0 Å². The van der Waals surface area contributed by atoms with Crippen LogP contribution in [-0.2, 0) is 0 Å². The van der Waals surface area contributed by atoms with E-state index in [0.29, 0.717) is 6.07 Å². The lowest BCUT2D eigenvalue weighted by Gasteiger charge is -2.09. The molecule has 0 aliphatic carbocycles. The van der Waals surface area contributed by atoms with Crippen LogP contribution in [0.3, 0.4) is 0 Å². The molecule has 2 N–H and O–H groups in total. The molecule has 1 aromatic rings. The van der Waals surface area contributed by atoms with Crippen molar-refractivity contribution in [1.82, 2.24) is 5.32 Å². The Hall–Kier alpha value is -2.16. The molecule has 1 atom stereocenters. The molecule has 6 heteroatoms. The van der Waals surface area contributed by atoms with Crippen molar-refractivity contribution in [2.75, 3.05) is 0 Å². The lowest BCUT2D eigenvalue weighted by molar-refractivity contribution is 0.0942. The van der Waals surface area contributed by atoms with Crippen molar-refractivity contribution in [3.63, 3.8) is 0 Å². The minimum absolute atomic E-state index is 0.350. The molecule has 0 aliphatic rings. The molecule has 90 valence electrons. The monoisotopic (exact) mass is 243 g/mol. The minimum Gasteiger partial charge on any atom is -0.503 e. The minimum atomic E-state index is -1.75. The number of aromatic hydroxyl groups is 1. The molecule has 0 saturated heterocycles. The highest BCUT2D eigenvalue weighted by atomic mass is 19.2. The fourth-order valence-electron chi connectivity index (χ4n) is 1.07. The van der Waals surface area contributed by atoms with E-state index in [2.05, 4.69) is 11.2 Å². The van der Waals surface area contributed by atoms with Crippen molar-refractivity contribution in [2.45, 2.75) is 13.0 Å². The molecule has 0 aliphatic heterocycles. The molecule has 1 unspecified atom stereocenters. The Balaban J connectivity index is 3.16. The number of phenols is 1. The van der Waals surface area contributed by atoms with Gasteiger partial charge in [0.15, 0.2) is 17.4 Å². The van der Waals surface area contributed by atoms with Gasteiger partial charge in [0, 0.05) is 0 Å². The second-order valence-electron chi connectivity index (χ2n) is 3.24. The van der Waals surface area contributed by atoms with E-state index in [-0.39, 0.29) is 0 Å². The van der Waals surface area contributed by atoms with Crippen molar-refractivity contribution in [2.24, 2.45) is 0 Å². The van der Waals surface area contributed by atoms with Crippen LogP contribution in [0, 0.1) is 29.8 Å². The first-order valence-corrected chi connectivity index (χ1v) is 4.52. The quantitative estimate of drug-likeness (QED) is 0.611. The van der Waals surface area contributed by atoms with E-state index in [1.54, 1.807) is 0 Å². The van der Waals surface area contributed by atoms with E-state index < -0.39 is 40.7 Å². The van der Waals surface area contributed by atoms with Gasteiger partial charge in [-0.3, -0.25) is 4.79 Å². The number of benzene rings is 1. The van der Waals surface area contributed by atoms with Gasteiger partial charge in [-0.1, -0.05) is 5.92 Å². The molecule has 0 spiro atoms. The highest BCUT2D eigenvalue weighted by Gasteiger charge is 2.22. The largest absolute Gasteiger partial charge is 0.503 e. The third-order valence-corrected chi connectivity index (χ3v) is 1.98. The van der Waals surface area contributed by atoms with Gasteiger partial charge < -0.3 is 10.4 Å². The Morgan fingerprint density at radius 3 is 2.59 bits per heavy atom. The number of carbonyl (C=O) groups excluding carboxylic acids is 1. The van der Waals surface area contributed by atoms with Crippen LogP contribution in [0.1, 0.15) is 17.3 Å². The summed E-state index contributed by atoms with van der Waals surface area (Å²) in [6, 6.07) is -0.361. The molecule has 0 saturated carbocycles. The van der Waals surface area contributed by atoms with Crippen LogP contribution in [0.15, 0.2) is 6.07 Å². The Morgan fingerprint density at radius 1 is 1.47 bits per heavy atom. The highest BCUT2D eigenvalue weighted by molar-refractivity contribution is 5.95. The molecule has 0 fully saturated rings. The third-order valence-electron chi connectivity index (χ3n) is 1.98. The summed E-state index contributed by atoms with van der Waals surface area (Å²) in [5, 5.41) is 11.0. The van der Waals surface area contributed by atoms with Crippen LogP contribution in [0.2, 0.25) is 0 Å². The topological polar surface area (TPSA) is 49.3 Å². The molecule has 0 heterocycles. The molecular weight excluding hydrogens is 235 g/mol. The van der Waals surface area contributed by atoms with Gasteiger partial charge in [0.1, 0.15) is 0 Å². The van der Waals surface area contributed by atoms with Crippen LogP contribution < -0.4 is 5.32 Å². The lowest BCUT2D eigenvalue weighted by Crippen LogP contribution is -2.32. The number of phenolic OH excluding ortho intramolecular Hbond substituents is 1. The van der Waals surface area contributed by atoms with Crippen LogP contribution >= 0.6 is 0 Å². The van der Waals surface area contributed by atoms with E-state index in [1.165, 1.54) is 6.92 Å². The SMILES string of the molecule is C#CC(C)NC(=O)c1cc(F)c(F)c(O)c1F. The van der Waals surface area contributed by atoms with E-state index in [4.69, 9.17) is 11.5 Å². The first-order chi connectivity index (χ1) is 7.88. The number of nitrogens with one attached hydrogen (secondary N) is 1. The summed E-state index contributed by atoms with van der Waals surface area (Å²) in [4.78, 5) is 11.4. The van der Waals surface area contributed by atoms with Gasteiger partial charge in [-0.2, -0.15) is 4.39 Å². The van der Waals surface area contributed by atoms with Gasteiger partial charge in [0.25, 0.3) is 5.91 Å². The molecule has 0 radical (unpaired) electrons. The zero-order chi connectivity index (χ0) is 13.2. The smallest absolute Gasteiger partial charge is 0.255 e. The summed E-state index contributed by atoms with van der Waals surface area (Å²) in [7, 11) is 0. The first kappa shape index (κ1) is 12.9. The van der Waals surface area contributed by atoms with Gasteiger partial charge in [-0.15, -0.1) is 6.42 Å². The van der Waals surface area contributed by atoms with Crippen LogP contribution in [0.5, 0.6) is 5.75 Å². The molecule has 1 aromatic carbocycles. The van der Waals surface area contributed by atoms with Crippen LogP contribution in [0.4, 0.5) is 13.2 Å². The van der Waals surface area contributed by atoms with Gasteiger partial charge in [-0.25, -0.2) is 8.78 Å². The average Bonchev–Trinajstić information content (AvgIpc) is 2.30. The number of terminal acetylenes is 1. The molecular formula is C11H8F3NO2. The molecule has 1 amide bonds. The van der Waals surface area contributed by atoms with Crippen LogP contribution in [-0.4, -0.2) is 17.1 Å². The molecule has 1 rings (SSSR count). The van der Waals surface area contributed by atoms with Crippen molar-refractivity contribution in [3.8, 4) is 18.1 Å². The normalized spacial score (nSPS) is 11.7. The van der Waals surface area contributed by atoms with Crippen molar-refractivity contribution >= 4 is 5.91 Å². The van der Waals surface area contributed by atoms with E-state index in [9.17, 15) is 18.0 Å². The van der Waals surface area contributed by atoms with Crippen molar-refractivity contribution < 1.29 is 23.1 Å². The van der Waals surface area contributed by atoms with Crippen LogP contribution in [0.25, 0.3) is 0 Å². The predicted molar refractivity (Wildman–Crippen MR) is 53.7 cm³/mol. The summed E-state index contributed by atoms with van der Waals surface area (Å²) in [6.07, 6.45) is 4.98. The summed E-state index contributed by atoms with van der Waals surface area (Å²) < 4.78 is 38.9. The van der Waals surface area contributed by atoms with E-state index >= 15 is 0 Å². The molecule has 3 nitrogen and oxygen atoms in total. The highest BCUT2D eigenvalue weighted by Crippen LogP contribution is 2.25. The second-order valence-corrected chi connectivity index (χ2v) is 3.24.